The van der Waals surface area contributed by atoms with Crippen molar-refractivity contribution in [3.05, 3.63) is 82.5 Å². The number of hydrogen-bond acceptors (Lipinski definition) is 5. The Balaban J connectivity index is 1.61. The number of Topliss-reactive ketones (excluding diaryl/α,β-unsaturated/α-hetero) is 1. The van der Waals surface area contributed by atoms with E-state index in [1.54, 1.807) is 4.68 Å². The average molecular weight is 410 g/mol. The van der Waals surface area contributed by atoms with Crippen molar-refractivity contribution in [3.8, 4) is 11.4 Å². The molecule has 152 valence electrons. The smallest absolute Gasteiger partial charge is 0.387 e. The van der Waals surface area contributed by atoms with Gasteiger partial charge in [0, 0.05) is 5.56 Å². The van der Waals surface area contributed by atoms with Crippen LogP contribution < -0.4 is 10.3 Å². The number of halogens is 2. The maximum atomic E-state index is 12.8. The molecule has 9 heteroatoms. The highest BCUT2D eigenvalue weighted by Gasteiger charge is 2.15. The van der Waals surface area contributed by atoms with E-state index >= 15 is 0 Å². The van der Waals surface area contributed by atoms with Crippen LogP contribution in [0.3, 0.4) is 0 Å². The molecule has 0 saturated carbocycles. The van der Waals surface area contributed by atoms with Crippen LogP contribution in [0.4, 0.5) is 8.78 Å². The first-order valence-corrected chi connectivity index (χ1v) is 9.01. The number of alkyl halides is 2. The molecule has 2 aromatic heterocycles. The van der Waals surface area contributed by atoms with Gasteiger partial charge in [0.15, 0.2) is 11.4 Å². The first-order chi connectivity index (χ1) is 14.4. The van der Waals surface area contributed by atoms with Gasteiger partial charge in [0.25, 0.3) is 5.56 Å². The van der Waals surface area contributed by atoms with Gasteiger partial charge in [-0.2, -0.15) is 13.9 Å². The lowest BCUT2D eigenvalue weighted by Crippen LogP contribution is -2.24. The Kier molecular flexibility index (Phi) is 5.09. The van der Waals surface area contributed by atoms with Gasteiger partial charge in [0.2, 0.25) is 0 Å². The van der Waals surface area contributed by atoms with E-state index in [9.17, 15) is 18.4 Å². The molecular formula is C21H16F2N4O3. The summed E-state index contributed by atoms with van der Waals surface area (Å²) in [4.78, 5) is 29.6. The first kappa shape index (κ1) is 19.4. The summed E-state index contributed by atoms with van der Waals surface area (Å²) >= 11 is 0. The molecule has 0 aliphatic heterocycles. The van der Waals surface area contributed by atoms with Crippen LogP contribution in [0.1, 0.15) is 15.9 Å². The highest BCUT2D eigenvalue weighted by molar-refractivity contribution is 5.96. The minimum absolute atomic E-state index is 0.0505. The summed E-state index contributed by atoms with van der Waals surface area (Å²) < 4.78 is 31.5. The third-order valence-corrected chi connectivity index (χ3v) is 4.61. The van der Waals surface area contributed by atoms with Gasteiger partial charge in [-0.05, 0) is 42.8 Å². The Morgan fingerprint density at radius 2 is 1.87 bits per heavy atom. The van der Waals surface area contributed by atoms with Crippen LogP contribution in [0.5, 0.6) is 5.75 Å². The van der Waals surface area contributed by atoms with E-state index in [2.05, 4.69) is 14.8 Å². The molecule has 4 rings (SSSR count). The summed E-state index contributed by atoms with van der Waals surface area (Å²) in [5.74, 6) is -0.418. The third-order valence-electron chi connectivity index (χ3n) is 4.61. The largest absolute Gasteiger partial charge is 0.435 e. The van der Waals surface area contributed by atoms with Gasteiger partial charge in [-0.3, -0.25) is 14.2 Å². The quantitative estimate of drug-likeness (QED) is 0.456. The lowest BCUT2D eigenvalue weighted by atomic mass is 10.1. The van der Waals surface area contributed by atoms with Crippen molar-refractivity contribution in [1.82, 2.24) is 19.3 Å². The summed E-state index contributed by atoms with van der Waals surface area (Å²) in [7, 11) is 0. The number of aryl methyl sites for hydroxylation is 1. The molecule has 0 atom stereocenters. The highest BCUT2D eigenvalue weighted by atomic mass is 19.3. The van der Waals surface area contributed by atoms with E-state index < -0.39 is 12.2 Å². The Morgan fingerprint density at radius 3 is 2.57 bits per heavy atom. The number of carbonyl (C=O) groups is 1. The second kappa shape index (κ2) is 7.86. The fraction of sp³-hybridized carbons (Fsp3) is 0.143. The van der Waals surface area contributed by atoms with E-state index in [4.69, 9.17) is 0 Å². The molecule has 30 heavy (non-hydrogen) atoms. The number of aromatic nitrogens is 4. The molecule has 0 radical (unpaired) electrons. The normalized spacial score (nSPS) is 11.2. The van der Waals surface area contributed by atoms with Gasteiger partial charge >= 0.3 is 6.61 Å². The molecule has 2 aromatic carbocycles. The van der Waals surface area contributed by atoms with Gasteiger partial charge in [-0.1, -0.05) is 18.2 Å². The van der Waals surface area contributed by atoms with Crippen LogP contribution in [-0.2, 0) is 6.54 Å². The molecule has 0 saturated heterocycles. The Morgan fingerprint density at radius 1 is 1.13 bits per heavy atom. The van der Waals surface area contributed by atoms with Crippen LogP contribution in [0, 0.1) is 6.92 Å². The van der Waals surface area contributed by atoms with Gasteiger partial charge in [-0.25, -0.2) is 9.67 Å². The van der Waals surface area contributed by atoms with Crippen molar-refractivity contribution in [2.24, 2.45) is 0 Å². The van der Waals surface area contributed by atoms with Crippen molar-refractivity contribution in [2.45, 2.75) is 20.1 Å². The Labute approximate surface area is 169 Å². The minimum atomic E-state index is -2.94. The molecule has 0 spiro atoms. The molecule has 2 heterocycles. The van der Waals surface area contributed by atoms with Gasteiger partial charge in [-0.15, -0.1) is 0 Å². The number of ether oxygens (including phenoxy) is 1. The standard InChI is InChI=1S/C21H16F2N4O3/c1-13-4-2-3-5-17(13)27-19-16(10-25-27)20(29)26(12-24-19)11-18(28)14-6-8-15(9-7-14)30-21(22)23/h2-10,12,21H,11H2,1H3. The number of benzene rings is 2. The predicted molar refractivity (Wildman–Crippen MR) is 105 cm³/mol. The average Bonchev–Trinajstić information content (AvgIpc) is 3.15. The molecule has 0 N–H and O–H groups in total. The van der Waals surface area contributed by atoms with Crippen LogP contribution in [0.15, 0.2) is 65.8 Å². The SMILES string of the molecule is Cc1ccccc1-n1ncc2c(=O)n(CC(=O)c3ccc(OC(F)F)cc3)cnc21. The molecule has 0 aliphatic rings. The first-order valence-electron chi connectivity index (χ1n) is 9.01. The lowest BCUT2D eigenvalue weighted by Gasteiger charge is -2.08. The molecule has 0 aliphatic carbocycles. The van der Waals surface area contributed by atoms with E-state index in [1.165, 1.54) is 41.4 Å². The van der Waals surface area contributed by atoms with Crippen molar-refractivity contribution >= 4 is 16.8 Å². The molecule has 0 fully saturated rings. The van der Waals surface area contributed by atoms with Crippen LogP contribution in [0.2, 0.25) is 0 Å². The van der Waals surface area contributed by atoms with Crippen LogP contribution in [0.25, 0.3) is 16.7 Å². The zero-order valence-electron chi connectivity index (χ0n) is 15.8. The van der Waals surface area contributed by atoms with E-state index in [0.29, 0.717) is 5.65 Å². The van der Waals surface area contributed by atoms with Crippen molar-refractivity contribution < 1.29 is 18.3 Å². The Hall–Kier alpha value is -3.88. The molecule has 0 unspecified atom stereocenters. The predicted octanol–water partition coefficient (Wildman–Crippen LogP) is 3.37. The van der Waals surface area contributed by atoms with Crippen molar-refractivity contribution in [2.75, 3.05) is 0 Å². The lowest BCUT2D eigenvalue weighted by molar-refractivity contribution is -0.0498. The molecular weight excluding hydrogens is 394 g/mol. The monoisotopic (exact) mass is 410 g/mol. The van der Waals surface area contributed by atoms with Crippen molar-refractivity contribution in [3.63, 3.8) is 0 Å². The second-order valence-electron chi connectivity index (χ2n) is 6.58. The molecule has 4 aromatic rings. The number of hydrogen-bond donors (Lipinski definition) is 0. The molecule has 0 amide bonds. The summed E-state index contributed by atoms with van der Waals surface area (Å²) in [6.45, 7) is -1.25. The maximum Gasteiger partial charge on any atom is 0.387 e. The number of carbonyl (C=O) groups excluding carboxylic acids is 1. The topological polar surface area (TPSA) is 79.0 Å². The van der Waals surface area contributed by atoms with Gasteiger partial charge in [0.1, 0.15) is 17.5 Å². The highest BCUT2D eigenvalue weighted by Crippen LogP contribution is 2.18. The number of nitrogens with zero attached hydrogens (tertiary/aromatic N) is 4. The third kappa shape index (κ3) is 3.69. The second-order valence-corrected chi connectivity index (χ2v) is 6.58. The minimum Gasteiger partial charge on any atom is -0.435 e. The summed E-state index contributed by atoms with van der Waals surface area (Å²) in [6, 6.07) is 12.9. The van der Waals surface area contributed by atoms with E-state index in [0.717, 1.165) is 11.3 Å². The fourth-order valence-electron chi connectivity index (χ4n) is 3.11. The van der Waals surface area contributed by atoms with E-state index in [1.807, 2.05) is 31.2 Å². The summed E-state index contributed by atoms with van der Waals surface area (Å²) in [5.41, 5.74) is 2.04. The van der Waals surface area contributed by atoms with Crippen LogP contribution >= 0.6 is 0 Å². The fourth-order valence-corrected chi connectivity index (χ4v) is 3.11. The zero-order chi connectivity index (χ0) is 21.3. The maximum absolute atomic E-state index is 12.8. The van der Waals surface area contributed by atoms with Gasteiger partial charge < -0.3 is 4.74 Å². The molecule has 7 nitrogen and oxygen atoms in total. The summed E-state index contributed by atoms with van der Waals surface area (Å²) in [6.07, 6.45) is 2.72. The number of rotatable bonds is 6. The number of ketones is 1. The van der Waals surface area contributed by atoms with Gasteiger partial charge in [0.05, 0.1) is 18.4 Å². The zero-order valence-corrected chi connectivity index (χ0v) is 15.8. The molecule has 0 bridgehead atoms. The number of para-hydroxylation sites is 1. The van der Waals surface area contributed by atoms with Crippen molar-refractivity contribution in [1.29, 1.82) is 0 Å². The summed E-state index contributed by atoms with van der Waals surface area (Å²) in [5, 5.41) is 4.57. The van der Waals surface area contributed by atoms with Crippen LogP contribution in [-0.4, -0.2) is 31.7 Å². The Bertz CT molecular complexity index is 1280. The number of fused-ring (bicyclic) bond motifs is 1. The van der Waals surface area contributed by atoms with E-state index in [-0.39, 0.29) is 29.0 Å².